The fourth-order valence-electron chi connectivity index (χ4n) is 5.82. The Morgan fingerprint density at radius 3 is 2.49 bits per heavy atom. The fourth-order valence-corrected chi connectivity index (χ4v) is 5.82. The molecular weight excluding hydrogens is 516 g/mol. The molecule has 2 aromatic carbocycles. The number of nitrogens with zero attached hydrogens (tertiary/aromatic N) is 5. The third-order valence-corrected chi connectivity index (χ3v) is 8.08. The van der Waals surface area contributed by atoms with Gasteiger partial charge in [-0.05, 0) is 61.6 Å². The second-order valence-corrected chi connectivity index (χ2v) is 11.0. The molecule has 2 aromatic heterocycles. The number of amides is 1. The van der Waals surface area contributed by atoms with Crippen molar-refractivity contribution in [1.29, 1.82) is 0 Å². The van der Waals surface area contributed by atoms with E-state index in [9.17, 15) is 9.90 Å². The van der Waals surface area contributed by atoms with Crippen LogP contribution in [-0.4, -0.2) is 74.2 Å². The molecule has 0 saturated carbocycles. The maximum atomic E-state index is 13.2. The van der Waals surface area contributed by atoms with Crippen molar-refractivity contribution in [1.82, 2.24) is 30.2 Å². The summed E-state index contributed by atoms with van der Waals surface area (Å²) in [6, 6.07) is 24.1. The molecule has 0 radical (unpaired) electrons. The lowest BCUT2D eigenvalue weighted by Gasteiger charge is -2.34. The second-order valence-electron chi connectivity index (χ2n) is 11.0. The van der Waals surface area contributed by atoms with Crippen molar-refractivity contribution in [2.45, 2.75) is 50.9 Å². The zero-order valence-electron chi connectivity index (χ0n) is 23.3. The van der Waals surface area contributed by atoms with Gasteiger partial charge in [0.05, 0.1) is 11.8 Å². The molecule has 3 unspecified atom stereocenters. The number of carbonyl (C=O) groups excluding carboxylic acids is 1. The van der Waals surface area contributed by atoms with E-state index in [1.54, 1.807) is 6.92 Å². The molecule has 41 heavy (non-hydrogen) atoms. The van der Waals surface area contributed by atoms with Gasteiger partial charge in [0.2, 0.25) is 0 Å². The zero-order valence-corrected chi connectivity index (χ0v) is 23.3. The molecule has 2 fully saturated rings. The first-order valence-corrected chi connectivity index (χ1v) is 14.4. The summed E-state index contributed by atoms with van der Waals surface area (Å²) in [6.07, 6.45) is 2.36. The van der Waals surface area contributed by atoms with Crippen molar-refractivity contribution in [2.24, 2.45) is 0 Å². The number of hydrogen-bond acceptors (Lipinski definition) is 8. The average molecular weight is 553 g/mol. The Morgan fingerprint density at radius 1 is 0.976 bits per heavy atom. The highest BCUT2D eigenvalue weighted by Gasteiger charge is 2.30. The van der Waals surface area contributed by atoms with Crippen LogP contribution in [0.5, 0.6) is 0 Å². The SMILES string of the molecule is Cc1noc(-c2cccc(CN3CCN(C(=O)c4ccc(CC5CCC(C(O)c6ccccc6)N5)cc4)CC3)n2)n1. The molecule has 2 saturated heterocycles. The van der Waals surface area contributed by atoms with Gasteiger partial charge in [-0.1, -0.05) is 53.7 Å². The summed E-state index contributed by atoms with van der Waals surface area (Å²) in [6.45, 7) is 5.43. The molecule has 4 heterocycles. The molecule has 2 N–H and O–H groups in total. The third-order valence-electron chi connectivity index (χ3n) is 8.08. The number of rotatable bonds is 8. The number of aryl methyl sites for hydroxylation is 1. The van der Waals surface area contributed by atoms with Crippen LogP contribution in [0.1, 0.15) is 51.9 Å². The van der Waals surface area contributed by atoms with Gasteiger partial charge in [-0.25, -0.2) is 4.98 Å². The van der Waals surface area contributed by atoms with Gasteiger partial charge in [0.1, 0.15) is 5.69 Å². The van der Waals surface area contributed by atoms with E-state index in [2.05, 4.69) is 37.5 Å². The van der Waals surface area contributed by atoms with Crippen LogP contribution in [0.2, 0.25) is 0 Å². The molecule has 4 aromatic rings. The minimum atomic E-state index is -0.496. The largest absolute Gasteiger partial charge is 0.387 e. The molecule has 1 amide bonds. The van der Waals surface area contributed by atoms with Gasteiger partial charge in [0, 0.05) is 50.4 Å². The normalized spacial score (nSPS) is 20.3. The molecule has 9 heteroatoms. The quantitative estimate of drug-likeness (QED) is 0.340. The van der Waals surface area contributed by atoms with Crippen LogP contribution in [0.3, 0.4) is 0 Å². The number of aliphatic hydroxyl groups is 1. The molecule has 0 bridgehead atoms. The van der Waals surface area contributed by atoms with Gasteiger partial charge in [-0.3, -0.25) is 9.69 Å². The summed E-state index contributed by atoms with van der Waals surface area (Å²) in [5.41, 5.74) is 4.49. The van der Waals surface area contributed by atoms with Gasteiger partial charge in [0.15, 0.2) is 5.82 Å². The summed E-state index contributed by atoms with van der Waals surface area (Å²) >= 11 is 0. The van der Waals surface area contributed by atoms with Crippen molar-refractivity contribution in [3.63, 3.8) is 0 Å². The standard InChI is InChI=1S/C32H36N6O3/c1-22-33-31(41-36-22)29-9-5-8-27(35-29)21-37-16-18-38(19-17-37)32(40)25-12-10-23(11-13-25)20-26-14-15-28(34-26)30(39)24-6-3-2-4-7-24/h2-13,26,28,30,34,39H,14-21H2,1H3. The molecule has 9 nitrogen and oxygen atoms in total. The van der Waals surface area contributed by atoms with Crippen LogP contribution in [0.25, 0.3) is 11.6 Å². The highest BCUT2D eigenvalue weighted by Crippen LogP contribution is 2.27. The van der Waals surface area contributed by atoms with E-state index < -0.39 is 6.10 Å². The van der Waals surface area contributed by atoms with E-state index in [0.29, 0.717) is 43.1 Å². The molecule has 212 valence electrons. The summed E-state index contributed by atoms with van der Waals surface area (Å²) in [7, 11) is 0. The first kappa shape index (κ1) is 27.3. The monoisotopic (exact) mass is 552 g/mol. The minimum absolute atomic E-state index is 0.0659. The number of benzene rings is 2. The van der Waals surface area contributed by atoms with Crippen LogP contribution in [0.4, 0.5) is 0 Å². The third kappa shape index (κ3) is 6.53. The van der Waals surface area contributed by atoms with Crippen molar-refractivity contribution in [3.05, 3.63) is 101 Å². The van der Waals surface area contributed by atoms with Crippen LogP contribution >= 0.6 is 0 Å². The van der Waals surface area contributed by atoms with Crippen LogP contribution < -0.4 is 5.32 Å². The summed E-state index contributed by atoms with van der Waals surface area (Å²) in [4.78, 5) is 26.4. The number of piperazine rings is 1. The van der Waals surface area contributed by atoms with Gasteiger partial charge in [-0.2, -0.15) is 4.98 Å². The predicted octanol–water partition coefficient (Wildman–Crippen LogP) is 3.79. The fraction of sp³-hybridized carbons (Fsp3) is 0.375. The van der Waals surface area contributed by atoms with Crippen LogP contribution in [-0.2, 0) is 13.0 Å². The Balaban J connectivity index is 0.976. The highest BCUT2D eigenvalue weighted by atomic mass is 16.5. The van der Waals surface area contributed by atoms with Crippen LogP contribution in [0, 0.1) is 6.92 Å². The second kappa shape index (κ2) is 12.3. The van der Waals surface area contributed by atoms with Crippen molar-refractivity contribution in [3.8, 4) is 11.6 Å². The van der Waals surface area contributed by atoms with Gasteiger partial charge in [-0.15, -0.1) is 0 Å². The average Bonchev–Trinajstić information content (AvgIpc) is 3.67. The van der Waals surface area contributed by atoms with E-state index in [0.717, 1.165) is 49.2 Å². The summed E-state index contributed by atoms with van der Waals surface area (Å²) < 4.78 is 5.25. The van der Waals surface area contributed by atoms with Crippen molar-refractivity contribution in [2.75, 3.05) is 26.2 Å². The molecule has 2 aliphatic rings. The Hall–Kier alpha value is -3.92. The Bertz CT molecular complexity index is 1450. The van der Waals surface area contributed by atoms with E-state index in [1.807, 2.05) is 65.6 Å². The van der Waals surface area contributed by atoms with Crippen LogP contribution in [0.15, 0.2) is 77.3 Å². The van der Waals surface area contributed by atoms with Crippen molar-refractivity contribution < 1.29 is 14.4 Å². The van der Waals surface area contributed by atoms with Gasteiger partial charge in [0.25, 0.3) is 11.8 Å². The van der Waals surface area contributed by atoms with Gasteiger partial charge >= 0.3 is 0 Å². The van der Waals surface area contributed by atoms with E-state index in [4.69, 9.17) is 4.52 Å². The molecule has 6 rings (SSSR count). The highest BCUT2D eigenvalue weighted by molar-refractivity contribution is 5.94. The topological polar surface area (TPSA) is 108 Å². The number of hydrogen-bond donors (Lipinski definition) is 2. The molecular formula is C32H36N6O3. The number of aliphatic hydroxyl groups excluding tert-OH is 1. The smallest absolute Gasteiger partial charge is 0.276 e. The first-order valence-electron chi connectivity index (χ1n) is 14.4. The molecule has 0 aliphatic carbocycles. The Kier molecular flexibility index (Phi) is 8.18. The summed E-state index contributed by atoms with van der Waals surface area (Å²) in [5.74, 6) is 1.09. The lowest BCUT2D eigenvalue weighted by molar-refractivity contribution is 0.0627. The number of aromatic nitrogens is 3. The minimum Gasteiger partial charge on any atom is -0.387 e. The maximum Gasteiger partial charge on any atom is 0.276 e. The van der Waals surface area contributed by atoms with E-state index in [1.165, 1.54) is 5.56 Å². The Labute approximate surface area is 240 Å². The van der Waals surface area contributed by atoms with E-state index in [-0.39, 0.29) is 11.9 Å². The molecule has 0 spiro atoms. The lowest BCUT2D eigenvalue weighted by atomic mass is 10.0. The lowest BCUT2D eigenvalue weighted by Crippen LogP contribution is -2.48. The number of pyridine rings is 1. The molecule has 3 atom stereocenters. The number of carbonyl (C=O) groups is 1. The van der Waals surface area contributed by atoms with Gasteiger partial charge < -0.3 is 19.8 Å². The Morgan fingerprint density at radius 2 is 1.76 bits per heavy atom. The summed E-state index contributed by atoms with van der Waals surface area (Å²) in [5, 5.41) is 18.2. The zero-order chi connectivity index (χ0) is 28.2. The van der Waals surface area contributed by atoms with E-state index >= 15 is 0 Å². The molecule has 2 aliphatic heterocycles. The van der Waals surface area contributed by atoms with Crippen molar-refractivity contribution >= 4 is 5.91 Å². The first-order chi connectivity index (χ1) is 20.0. The number of nitrogens with one attached hydrogen (secondary N) is 1. The maximum absolute atomic E-state index is 13.2. The predicted molar refractivity (Wildman–Crippen MR) is 155 cm³/mol.